The molecule has 0 radical (unpaired) electrons. The van der Waals surface area contributed by atoms with Gasteiger partial charge in [-0.05, 0) is 26.7 Å². The number of esters is 1. The lowest BCUT2D eigenvalue weighted by molar-refractivity contribution is -0.351. The number of halogens is 10. The number of unbranched alkanes of at least 4 members (excludes halogenated alkanes) is 1. The molecule has 8 nitrogen and oxygen atoms in total. The summed E-state index contributed by atoms with van der Waals surface area (Å²) in [7, 11) is -6.58. The van der Waals surface area contributed by atoms with Crippen molar-refractivity contribution in [2.24, 2.45) is 0 Å². The molecule has 0 fully saturated rings. The topological polar surface area (TPSA) is 110 Å². The fourth-order valence-electron chi connectivity index (χ4n) is 2.42. The molecule has 0 rings (SSSR count). The lowest BCUT2D eigenvalue weighted by Crippen LogP contribution is -2.62. The first-order valence-electron chi connectivity index (χ1n) is 9.65. The Hall–Kier alpha value is -2.15. The minimum atomic E-state index is -6.58. The molecular weight excluding hydrogens is 552 g/mol. The van der Waals surface area contributed by atoms with Crippen molar-refractivity contribution in [1.29, 1.82) is 0 Å². The molecule has 19 heteroatoms. The third kappa shape index (κ3) is 7.44. The van der Waals surface area contributed by atoms with Gasteiger partial charge in [-0.15, -0.1) is 0 Å². The van der Waals surface area contributed by atoms with Crippen molar-refractivity contribution < 1.29 is 75.9 Å². The van der Waals surface area contributed by atoms with Crippen LogP contribution in [0.1, 0.15) is 33.1 Å². The molecule has 1 N–H and O–H groups in total. The molecule has 0 aromatic carbocycles. The Kier molecular flexibility index (Phi) is 10.8. The van der Waals surface area contributed by atoms with Crippen LogP contribution in [0.4, 0.5) is 43.9 Å². The van der Waals surface area contributed by atoms with Crippen molar-refractivity contribution >= 4 is 22.0 Å². The molecule has 1 amide bonds. The second-order valence-corrected chi connectivity index (χ2v) is 8.42. The van der Waals surface area contributed by atoms with Gasteiger partial charge in [0.1, 0.15) is 5.57 Å². The van der Waals surface area contributed by atoms with Crippen LogP contribution in [0.3, 0.4) is 0 Å². The summed E-state index contributed by atoms with van der Waals surface area (Å²) >= 11 is 0. The molecule has 0 aliphatic carbocycles. The number of nitrogens with zero attached hydrogens (tertiary/aromatic N) is 1. The van der Waals surface area contributed by atoms with Gasteiger partial charge in [-0.2, -0.15) is 52.3 Å². The molecule has 0 saturated heterocycles. The van der Waals surface area contributed by atoms with Crippen molar-refractivity contribution in [1.82, 2.24) is 4.90 Å². The molecule has 0 aromatic rings. The molecule has 36 heavy (non-hydrogen) atoms. The Morgan fingerprint density at radius 3 is 1.75 bits per heavy atom. The standard InChI is InChI=1S/C17H21F10NO7S/c1-4-28(5-2)12(30)14(16(23,24)25,35-11(29)10(3)15(20,21)22)34-9-7-6-8-13(18,19)17(26,27)36(31,32)33/h3-9H2,1-2H3,(H,31,32,33). The molecule has 1 atom stereocenters. The van der Waals surface area contributed by atoms with E-state index in [9.17, 15) is 61.9 Å². The Morgan fingerprint density at radius 1 is 0.917 bits per heavy atom. The van der Waals surface area contributed by atoms with E-state index in [0.29, 0.717) is 4.90 Å². The predicted molar refractivity (Wildman–Crippen MR) is 99.2 cm³/mol. The summed E-state index contributed by atoms with van der Waals surface area (Å²) in [6.07, 6.45) is -15.9. The normalized spacial score (nSPS) is 15.2. The summed E-state index contributed by atoms with van der Waals surface area (Å²) in [5.41, 5.74) is -2.45. The molecule has 0 aromatic heterocycles. The Balaban J connectivity index is 5.96. The van der Waals surface area contributed by atoms with Crippen molar-refractivity contribution in [2.45, 2.75) is 62.4 Å². The average Bonchev–Trinajstić information content (AvgIpc) is 2.69. The smallest absolute Gasteiger partial charge is 0.412 e. The minimum absolute atomic E-state index is 0.359. The van der Waals surface area contributed by atoms with Crippen LogP contribution < -0.4 is 0 Å². The maximum atomic E-state index is 13.9. The second-order valence-electron chi connectivity index (χ2n) is 6.96. The third-order valence-corrected chi connectivity index (χ3v) is 5.42. The van der Waals surface area contributed by atoms with E-state index in [4.69, 9.17) is 4.55 Å². The van der Waals surface area contributed by atoms with Gasteiger partial charge in [-0.25, -0.2) is 4.79 Å². The summed E-state index contributed by atoms with van der Waals surface area (Å²) in [5, 5.41) is -5.96. The molecule has 0 bridgehead atoms. The van der Waals surface area contributed by atoms with Gasteiger partial charge in [-0.3, -0.25) is 9.35 Å². The molecule has 0 spiro atoms. The first kappa shape index (κ1) is 33.8. The van der Waals surface area contributed by atoms with Gasteiger partial charge >= 0.3 is 51.3 Å². The first-order chi connectivity index (χ1) is 15.9. The van der Waals surface area contributed by atoms with E-state index in [1.165, 1.54) is 0 Å². The van der Waals surface area contributed by atoms with Gasteiger partial charge in [0.05, 0.1) is 6.61 Å². The fraction of sp³-hybridized carbons (Fsp3) is 0.765. The maximum Gasteiger partial charge on any atom is 0.466 e. The summed E-state index contributed by atoms with van der Waals surface area (Å²) in [6, 6.07) is 0. The van der Waals surface area contributed by atoms with Crippen LogP contribution in [0.2, 0.25) is 0 Å². The second kappa shape index (κ2) is 11.5. The van der Waals surface area contributed by atoms with E-state index in [0.717, 1.165) is 13.8 Å². The number of carbonyl (C=O) groups is 2. The lowest BCUT2D eigenvalue weighted by Gasteiger charge is -2.36. The third-order valence-electron chi connectivity index (χ3n) is 4.47. The minimum Gasteiger partial charge on any atom is -0.412 e. The number of carbonyl (C=O) groups excluding carboxylic acids is 2. The number of rotatable bonds is 13. The summed E-state index contributed by atoms with van der Waals surface area (Å²) < 4.78 is 170. The van der Waals surface area contributed by atoms with E-state index >= 15 is 0 Å². The highest BCUT2D eigenvalue weighted by atomic mass is 32.2. The number of likely N-dealkylation sites (N-methyl/N-ethyl adjacent to an activating group) is 1. The van der Waals surface area contributed by atoms with Gasteiger partial charge < -0.3 is 14.4 Å². The number of hydrogen-bond acceptors (Lipinski definition) is 6. The molecular formula is C17H21F10NO7S. The van der Waals surface area contributed by atoms with Crippen molar-refractivity contribution in [3.05, 3.63) is 12.2 Å². The lowest BCUT2D eigenvalue weighted by atomic mass is 10.1. The zero-order chi connectivity index (χ0) is 29.0. The van der Waals surface area contributed by atoms with Crippen molar-refractivity contribution in [3.8, 4) is 0 Å². The highest BCUT2D eigenvalue weighted by Gasteiger charge is 2.68. The largest absolute Gasteiger partial charge is 0.466 e. The van der Waals surface area contributed by atoms with E-state index in [2.05, 4.69) is 16.1 Å². The summed E-state index contributed by atoms with van der Waals surface area (Å²) in [4.78, 5) is 24.6. The molecule has 212 valence electrons. The SMILES string of the molecule is C=C(C(=O)OC(OCCCCC(F)(F)C(F)(F)S(=O)(=O)O)(C(=O)N(CC)CC)C(F)(F)F)C(F)(F)F. The van der Waals surface area contributed by atoms with Gasteiger partial charge in [0.25, 0.3) is 0 Å². The Morgan fingerprint density at radius 2 is 1.39 bits per heavy atom. The number of ether oxygens (including phenoxy) is 2. The zero-order valence-electron chi connectivity index (χ0n) is 18.5. The summed E-state index contributed by atoms with van der Waals surface area (Å²) in [6.45, 7) is 2.12. The number of alkyl halides is 10. The number of hydrogen-bond donors (Lipinski definition) is 1. The van der Waals surface area contributed by atoms with Gasteiger partial charge in [-0.1, -0.05) is 6.58 Å². The van der Waals surface area contributed by atoms with E-state index in [1.54, 1.807) is 0 Å². The zero-order valence-corrected chi connectivity index (χ0v) is 19.3. The summed E-state index contributed by atoms with van der Waals surface area (Å²) in [5.74, 6) is -15.0. The van der Waals surface area contributed by atoms with E-state index in [1.807, 2.05) is 0 Å². The molecule has 0 saturated carbocycles. The molecule has 0 aliphatic heterocycles. The van der Waals surface area contributed by atoms with Gasteiger partial charge in [0.2, 0.25) is 0 Å². The predicted octanol–water partition coefficient (Wildman–Crippen LogP) is 4.08. The van der Waals surface area contributed by atoms with E-state index < -0.39 is 95.8 Å². The quantitative estimate of drug-likeness (QED) is 0.0884. The van der Waals surface area contributed by atoms with Gasteiger partial charge in [0.15, 0.2) is 0 Å². The molecule has 1 unspecified atom stereocenters. The van der Waals surface area contributed by atoms with Crippen LogP contribution in [-0.2, 0) is 29.2 Å². The molecule has 0 heterocycles. The van der Waals surface area contributed by atoms with Crippen LogP contribution in [0.25, 0.3) is 0 Å². The van der Waals surface area contributed by atoms with Crippen LogP contribution in [0.15, 0.2) is 12.2 Å². The fourth-order valence-corrected chi connectivity index (χ4v) is 2.90. The highest BCUT2D eigenvalue weighted by molar-refractivity contribution is 7.87. The molecule has 0 aliphatic rings. The Labute approximate surface area is 197 Å². The monoisotopic (exact) mass is 573 g/mol. The van der Waals surface area contributed by atoms with Gasteiger partial charge in [0, 0.05) is 19.5 Å². The van der Waals surface area contributed by atoms with Crippen LogP contribution >= 0.6 is 0 Å². The van der Waals surface area contributed by atoms with Crippen molar-refractivity contribution in [3.63, 3.8) is 0 Å². The Bertz CT molecular complexity index is 914. The number of amides is 1. The highest BCUT2D eigenvalue weighted by Crippen LogP contribution is 2.42. The van der Waals surface area contributed by atoms with E-state index in [-0.39, 0.29) is 0 Å². The first-order valence-corrected chi connectivity index (χ1v) is 11.1. The maximum absolute atomic E-state index is 13.9. The van der Waals surface area contributed by atoms with Crippen LogP contribution in [0.5, 0.6) is 0 Å². The van der Waals surface area contributed by atoms with Crippen LogP contribution in [-0.4, -0.2) is 78.8 Å². The van der Waals surface area contributed by atoms with Crippen molar-refractivity contribution in [2.75, 3.05) is 19.7 Å². The average molecular weight is 573 g/mol. The van der Waals surface area contributed by atoms with Crippen LogP contribution in [0, 0.1) is 0 Å².